The molecule has 0 bridgehead atoms. The zero-order valence-corrected chi connectivity index (χ0v) is 6.42. The van der Waals surface area contributed by atoms with Gasteiger partial charge in [-0.25, -0.2) is 0 Å². The Morgan fingerprint density at radius 2 is 2.00 bits per heavy atom. The molecule has 10 heavy (non-hydrogen) atoms. The van der Waals surface area contributed by atoms with Crippen LogP contribution in [-0.2, 0) is 0 Å². The molecule has 1 heteroatoms. The van der Waals surface area contributed by atoms with Crippen LogP contribution < -0.4 is 0 Å². The monoisotopic (exact) mass is 140 g/mol. The van der Waals surface area contributed by atoms with E-state index in [-0.39, 0.29) is 0 Å². The van der Waals surface area contributed by atoms with E-state index in [1.54, 1.807) is 0 Å². The summed E-state index contributed by atoms with van der Waals surface area (Å²) in [5.74, 6) is 0.826. The fraction of sp³-hybridized carbons (Fsp3) is 0.778. The predicted octanol–water partition coefficient (Wildman–Crippen LogP) is 2.12. The van der Waals surface area contributed by atoms with Crippen molar-refractivity contribution in [3.05, 3.63) is 12.2 Å². The van der Waals surface area contributed by atoms with Crippen molar-refractivity contribution in [1.29, 1.82) is 0 Å². The summed E-state index contributed by atoms with van der Waals surface area (Å²) >= 11 is 0. The first-order chi connectivity index (χ1) is 4.93. The lowest BCUT2D eigenvalue weighted by atomic mass is 10.1. The minimum Gasteiger partial charge on any atom is -0.396 e. The standard InChI is InChI=1S/C9H16O/c10-8-4-3-7-9-5-1-2-6-9/h3,7,9-10H,1-2,4-6,8H2/b7-3-. The van der Waals surface area contributed by atoms with Crippen LogP contribution in [0.5, 0.6) is 0 Å². The highest BCUT2D eigenvalue weighted by Gasteiger charge is 2.10. The molecule has 1 aliphatic carbocycles. The second kappa shape index (κ2) is 4.51. The zero-order valence-electron chi connectivity index (χ0n) is 6.42. The molecule has 0 unspecified atom stereocenters. The molecule has 0 atom stereocenters. The Bertz CT molecular complexity index is 101. The molecule has 0 saturated heterocycles. The van der Waals surface area contributed by atoms with Crippen LogP contribution in [0.4, 0.5) is 0 Å². The highest BCUT2D eigenvalue weighted by molar-refractivity contribution is 4.90. The molecule has 0 amide bonds. The molecule has 0 spiro atoms. The van der Waals surface area contributed by atoms with E-state index in [0.717, 1.165) is 12.3 Å². The SMILES string of the molecule is OCC/C=C\C1CCCC1. The van der Waals surface area contributed by atoms with Crippen LogP contribution in [0.25, 0.3) is 0 Å². The summed E-state index contributed by atoms with van der Waals surface area (Å²) in [6, 6.07) is 0. The number of aliphatic hydroxyl groups excluding tert-OH is 1. The van der Waals surface area contributed by atoms with Gasteiger partial charge in [0, 0.05) is 6.61 Å². The molecular weight excluding hydrogens is 124 g/mol. The summed E-state index contributed by atoms with van der Waals surface area (Å²) in [4.78, 5) is 0. The first-order valence-corrected chi connectivity index (χ1v) is 4.21. The van der Waals surface area contributed by atoms with Crippen molar-refractivity contribution in [2.45, 2.75) is 32.1 Å². The van der Waals surface area contributed by atoms with Gasteiger partial charge in [-0.05, 0) is 25.2 Å². The quantitative estimate of drug-likeness (QED) is 0.595. The summed E-state index contributed by atoms with van der Waals surface area (Å²) < 4.78 is 0. The van der Waals surface area contributed by atoms with Crippen LogP contribution >= 0.6 is 0 Å². The molecular formula is C9H16O. The van der Waals surface area contributed by atoms with Gasteiger partial charge in [0.05, 0.1) is 0 Å². The number of aliphatic hydroxyl groups is 1. The van der Waals surface area contributed by atoms with E-state index >= 15 is 0 Å². The minimum atomic E-state index is 0.295. The van der Waals surface area contributed by atoms with Gasteiger partial charge in [0.2, 0.25) is 0 Å². The second-order valence-corrected chi connectivity index (χ2v) is 2.98. The zero-order chi connectivity index (χ0) is 7.23. The third kappa shape index (κ3) is 2.53. The first kappa shape index (κ1) is 7.80. The molecule has 1 nitrogen and oxygen atoms in total. The average Bonchev–Trinajstić information content (AvgIpc) is 2.41. The molecule has 0 aliphatic heterocycles. The molecule has 0 aromatic rings. The maximum atomic E-state index is 8.49. The van der Waals surface area contributed by atoms with Crippen molar-refractivity contribution >= 4 is 0 Å². The van der Waals surface area contributed by atoms with Gasteiger partial charge in [0.15, 0.2) is 0 Å². The Hall–Kier alpha value is -0.300. The van der Waals surface area contributed by atoms with E-state index in [2.05, 4.69) is 12.2 Å². The van der Waals surface area contributed by atoms with E-state index in [4.69, 9.17) is 5.11 Å². The summed E-state index contributed by atoms with van der Waals surface area (Å²) in [7, 11) is 0. The smallest absolute Gasteiger partial charge is 0.0465 e. The van der Waals surface area contributed by atoms with Crippen LogP contribution in [0.1, 0.15) is 32.1 Å². The summed E-state index contributed by atoms with van der Waals surface area (Å²) in [6.45, 7) is 0.295. The number of hydrogen-bond acceptors (Lipinski definition) is 1. The highest BCUT2D eigenvalue weighted by Crippen LogP contribution is 2.25. The maximum Gasteiger partial charge on any atom is 0.0465 e. The van der Waals surface area contributed by atoms with E-state index in [0.29, 0.717) is 6.61 Å². The van der Waals surface area contributed by atoms with Crippen LogP contribution in [-0.4, -0.2) is 11.7 Å². The van der Waals surface area contributed by atoms with Crippen molar-refractivity contribution in [2.24, 2.45) is 5.92 Å². The third-order valence-corrected chi connectivity index (χ3v) is 2.10. The van der Waals surface area contributed by atoms with Crippen LogP contribution in [0.15, 0.2) is 12.2 Å². The molecule has 1 rings (SSSR count). The molecule has 0 heterocycles. The summed E-state index contributed by atoms with van der Waals surface area (Å²) in [6.07, 6.45) is 10.7. The highest BCUT2D eigenvalue weighted by atomic mass is 16.2. The van der Waals surface area contributed by atoms with Gasteiger partial charge in [-0.2, -0.15) is 0 Å². The predicted molar refractivity (Wildman–Crippen MR) is 42.8 cm³/mol. The van der Waals surface area contributed by atoms with Crippen LogP contribution in [0.2, 0.25) is 0 Å². The lowest BCUT2D eigenvalue weighted by Gasteiger charge is -1.98. The molecule has 1 aliphatic rings. The van der Waals surface area contributed by atoms with Gasteiger partial charge in [-0.15, -0.1) is 0 Å². The van der Waals surface area contributed by atoms with Crippen LogP contribution in [0, 0.1) is 5.92 Å². The van der Waals surface area contributed by atoms with Crippen molar-refractivity contribution in [3.8, 4) is 0 Å². The van der Waals surface area contributed by atoms with Crippen molar-refractivity contribution in [2.75, 3.05) is 6.61 Å². The number of hydrogen-bond donors (Lipinski definition) is 1. The normalized spacial score (nSPS) is 20.9. The van der Waals surface area contributed by atoms with Gasteiger partial charge in [0.25, 0.3) is 0 Å². The largest absolute Gasteiger partial charge is 0.396 e. The molecule has 0 radical (unpaired) electrons. The average molecular weight is 140 g/mol. The van der Waals surface area contributed by atoms with Crippen molar-refractivity contribution in [3.63, 3.8) is 0 Å². The Morgan fingerprint density at radius 3 is 2.60 bits per heavy atom. The van der Waals surface area contributed by atoms with Gasteiger partial charge in [-0.3, -0.25) is 0 Å². The van der Waals surface area contributed by atoms with Gasteiger partial charge >= 0.3 is 0 Å². The Labute approximate surface area is 62.8 Å². The van der Waals surface area contributed by atoms with E-state index in [1.807, 2.05) is 0 Å². The summed E-state index contributed by atoms with van der Waals surface area (Å²) in [5, 5.41) is 8.49. The molecule has 1 saturated carbocycles. The molecule has 1 N–H and O–H groups in total. The first-order valence-electron chi connectivity index (χ1n) is 4.21. The second-order valence-electron chi connectivity index (χ2n) is 2.98. The Kier molecular flexibility index (Phi) is 3.52. The van der Waals surface area contributed by atoms with Crippen molar-refractivity contribution in [1.82, 2.24) is 0 Å². The number of allylic oxidation sites excluding steroid dienone is 1. The number of rotatable bonds is 3. The topological polar surface area (TPSA) is 20.2 Å². The van der Waals surface area contributed by atoms with E-state index < -0.39 is 0 Å². The fourth-order valence-corrected chi connectivity index (χ4v) is 1.51. The minimum absolute atomic E-state index is 0.295. The lowest BCUT2D eigenvalue weighted by Crippen LogP contribution is -1.86. The lowest BCUT2D eigenvalue weighted by molar-refractivity contribution is 0.302. The third-order valence-electron chi connectivity index (χ3n) is 2.10. The van der Waals surface area contributed by atoms with Crippen LogP contribution in [0.3, 0.4) is 0 Å². The Balaban J connectivity index is 2.10. The van der Waals surface area contributed by atoms with E-state index in [1.165, 1.54) is 25.7 Å². The molecule has 58 valence electrons. The maximum absolute atomic E-state index is 8.49. The summed E-state index contributed by atoms with van der Waals surface area (Å²) in [5.41, 5.74) is 0. The fourth-order valence-electron chi connectivity index (χ4n) is 1.51. The molecule has 0 aromatic heterocycles. The molecule has 0 aromatic carbocycles. The van der Waals surface area contributed by atoms with Gasteiger partial charge in [-0.1, -0.05) is 25.0 Å². The Morgan fingerprint density at radius 1 is 1.30 bits per heavy atom. The van der Waals surface area contributed by atoms with Gasteiger partial charge in [0.1, 0.15) is 0 Å². The van der Waals surface area contributed by atoms with Crippen molar-refractivity contribution < 1.29 is 5.11 Å². The van der Waals surface area contributed by atoms with Gasteiger partial charge < -0.3 is 5.11 Å². The van der Waals surface area contributed by atoms with E-state index in [9.17, 15) is 0 Å². The molecule has 1 fully saturated rings.